The third-order valence-corrected chi connectivity index (χ3v) is 5.79. The molecule has 0 aromatic heterocycles. The van der Waals surface area contributed by atoms with Crippen molar-refractivity contribution < 1.29 is 0 Å². The average molecular weight is 254 g/mol. The molecule has 108 valence electrons. The van der Waals surface area contributed by atoms with Gasteiger partial charge in [-0.15, -0.1) is 0 Å². The molecule has 0 saturated heterocycles. The van der Waals surface area contributed by atoms with Gasteiger partial charge in [-0.05, 0) is 50.0 Å². The summed E-state index contributed by atoms with van der Waals surface area (Å²) in [5.74, 6) is 1.42. The Hall–Kier alpha value is -0.0800. The van der Waals surface area contributed by atoms with Crippen molar-refractivity contribution in [3.63, 3.8) is 0 Å². The third-order valence-electron chi connectivity index (χ3n) is 5.79. The summed E-state index contributed by atoms with van der Waals surface area (Å²) < 4.78 is 0. The number of rotatable bonds is 5. The van der Waals surface area contributed by atoms with Crippen LogP contribution in [0.3, 0.4) is 0 Å². The minimum Gasteiger partial charge on any atom is -0.327 e. The van der Waals surface area contributed by atoms with Gasteiger partial charge >= 0.3 is 0 Å². The van der Waals surface area contributed by atoms with Crippen LogP contribution in [0.25, 0.3) is 0 Å². The zero-order valence-corrected chi connectivity index (χ0v) is 13.4. The predicted octanol–water partition coefficient (Wildman–Crippen LogP) is 3.51. The van der Waals surface area contributed by atoms with E-state index in [-0.39, 0.29) is 0 Å². The van der Waals surface area contributed by atoms with Crippen LogP contribution in [0.15, 0.2) is 0 Å². The minimum atomic E-state index is 0.374. The molecule has 0 amide bonds. The first-order chi connectivity index (χ1) is 8.34. The maximum absolute atomic E-state index is 6.25. The molecule has 2 heteroatoms. The van der Waals surface area contributed by atoms with Crippen LogP contribution in [0.2, 0.25) is 0 Å². The summed E-state index contributed by atoms with van der Waals surface area (Å²) in [4.78, 5) is 2.65. The predicted molar refractivity (Wildman–Crippen MR) is 80.6 cm³/mol. The lowest BCUT2D eigenvalue weighted by Crippen LogP contribution is -2.51. The van der Waals surface area contributed by atoms with E-state index >= 15 is 0 Å². The van der Waals surface area contributed by atoms with Crippen LogP contribution in [-0.2, 0) is 0 Å². The first-order valence-corrected chi connectivity index (χ1v) is 7.84. The molecular weight excluding hydrogens is 220 g/mol. The molecule has 0 radical (unpaired) electrons. The summed E-state index contributed by atoms with van der Waals surface area (Å²) in [5, 5.41) is 0. The van der Waals surface area contributed by atoms with Gasteiger partial charge < -0.3 is 10.6 Å². The van der Waals surface area contributed by atoms with Crippen molar-refractivity contribution in [2.45, 2.75) is 72.9 Å². The number of nitrogens with two attached hydrogens (primary N) is 1. The second-order valence-corrected chi connectivity index (χ2v) is 6.89. The quantitative estimate of drug-likeness (QED) is 0.813. The van der Waals surface area contributed by atoms with Crippen LogP contribution in [0.1, 0.15) is 60.8 Å². The highest BCUT2D eigenvalue weighted by Crippen LogP contribution is 2.44. The van der Waals surface area contributed by atoms with Crippen LogP contribution in [-0.4, -0.2) is 30.1 Å². The van der Waals surface area contributed by atoms with E-state index in [0.717, 1.165) is 5.92 Å². The molecule has 1 aliphatic carbocycles. The summed E-state index contributed by atoms with van der Waals surface area (Å²) in [7, 11) is 0. The molecule has 0 aromatic carbocycles. The Morgan fingerprint density at radius 1 is 1.28 bits per heavy atom. The topological polar surface area (TPSA) is 29.3 Å². The molecule has 18 heavy (non-hydrogen) atoms. The SMILES string of the molecule is CCC(C)N(CC)CC1CCC(N)C(C)C1(C)C. The van der Waals surface area contributed by atoms with Crippen molar-refractivity contribution in [2.75, 3.05) is 13.1 Å². The summed E-state index contributed by atoms with van der Waals surface area (Å²) in [6.07, 6.45) is 3.74. The molecule has 1 rings (SSSR count). The van der Waals surface area contributed by atoms with Crippen molar-refractivity contribution in [1.82, 2.24) is 4.90 Å². The summed E-state index contributed by atoms with van der Waals surface area (Å²) in [6.45, 7) is 16.5. The van der Waals surface area contributed by atoms with Crippen molar-refractivity contribution >= 4 is 0 Å². The molecule has 2 N–H and O–H groups in total. The normalized spacial score (nSPS) is 33.7. The molecule has 1 aliphatic rings. The molecule has 0 bridgehead atoms. The average Bonchev–Trinajstić information content (AvgIpc) is 2.35. The number of nitrogens with zero attached hydrogens (tertiary/aromatic N) is 1. The number of hydrogen-bond donors (Lipinski definition) is 1. The molecule has 2 nitrogen and oxygen atoms in total. The van der Waals surface area contributed by atoms with Gasteiger partial charge in [-0.25, -0.2) is 0 Å². The molecule has 4 unspecified atom stereocenters. The summed E-state index contributed by atoms with van der Waals surface area (Å²) >= 11 is 0. The Balaban J connectivity index is 2.71. The van der Waals surface area contributed by atoms with Gasteiger partial charge in [0.15, 0.2) is 0 Å². The Morgan fingerprint density at radius 2 is 1.89 bits per heavy atom. The Bertz CT molecular complexity index is 249. The summed E-state index contributed by atoms with van der Waals surface area (Å²) in [5.41, 5.74) is 6.63. The van der Waals surface area contributed by atoms with Crippen LogP contribution in [0, 0.1) is 17.3 Å². The second kappa shape index (κ2) is 6.38. The van der Waals surface area contributed by atoms with E-state index in [1.54, 1.807) is 0 Å². The Labute approximate surface area is 114 Å². The fourth-order valence-corrected chi connectivity index (χ4v) is 3.43. The van der Waals surface area contributed by atoms with E-state index in [2.05, 4.69) is 46.4 Å². The van der Waals surface area contributed by atoms with E-state index in [4.69, 9.17) is 5.73 Å². The Kier molecular flexibility index (Phi) is 5.67. The highest BCUT2D eigenvalue weighted by molar-refractivity contribution is 4.94. The zero-order chi connectivity index (χ0) is 13.9. The van der Waals surface area contributed by atoms with Gasteiger partial charge in [0.05, 0.1) is 0 Å². The van der Waals surface area contributed by atoms with Crippen molar-refractivity contribution in [2.24, 2.45) is 23.0 Å². The lowest BCUT2D eigenvalue weighted by molar-refractivity contribution is 0.0211. The van der Waals surface area contributed by atoms with Gasteiger partial charge in [-0.2, -0.15) is 0 Å². The van der Waals surface area contributed by atoms with Gasteiger partial charge in [0, 0.05) is 18.6 Å². The van der Waals surface area contributed by atoms with Gasteiger partial charge in [-0.3, -0.25) is 0 Å². The fourth-order valence-electron chi connectivity index (χ4n) is 3.43. The minimum absolute atomic E-state index is 0.374. The van der Waals surface area contributed by atoms with E-state index in [0.29, 0.717) is 23.4 Å². The maximum Gasteiger partial charge on any atom is 0.00698 e. The van der Waals surface area contributed by atoms with E-state index in [1.165, 1.54) is 32.4 Å². The van der Waals surface area contributed by atoms with Gasteiger partial charge in [-0.1, -0.05) is 34.6 Å². The monoisotopic (exact) mass is 254 g/mol. The first kappa shape index (κ1) is 16.0. The molecule has 0 aromatic rings. The molecule has 4 atom stereocenters. The van der Waals surface area contributed by atoms with Crippen LogP contribution in [0.5, 0.6) is 0 Å². The second-order valence-electron chi connectivity index (χ2n) is 6.89. The van der Waals surface area contributed by atoms with Crippen molar-refractivity contribution in [3.8, 4) is 0 Å². The lowest BCUT2D eigenvalue weighted by atomic mass is 9.61. The highest BCUT2D eigenvalue weighted by Gasteiger charge is 2.42. The van der Waals surface area contributed by atoms with Crippen molar-refractivity contribution in [1.29, 1.82) is 0 Å². The van der Waals surface area contributed by atoms with E-state index in [9.17, 15) is 0 Å². The smallest absolute Gasteiger partial charge is 0.00698 e. The molecule has 0 spiro atoms. The van der Waals surface area contributed by atoms with Gasteiger partial charge in [0.25, 0.3) is 0 Å². The van der Waals surface area contributed by atoms with Gasteiger partial charge in [0.1, 0.15) is 0 Å². The molecule has 0 aliphatic heterocycles. The standard InChI is InChI=1S/C16H34N2/c1-7-12(3)18(8-2)11-14-9-10-15(17)13(4)16(14,5)6/h12-15H,7-11,17H2,1-6H3. The third kappa shape index (κ3) is 3.27. The van der Waals surface area contributed by atoms with E-state index < -0.39 is 0 Å². The largest absolute Gasteiger partial charge is 0.327 e. The molecular formula is C16H34N2. The Morgan fingerprint density at radius 3 is 2.39 bits per heavy atom. The molecule has 0 heterocycles. The summed E-state index contributed by atoms with van der Waals surface area (Å²) in [6, 6.07) is 1.10. The zero-order valence-electron chi connectivity index (χ0n) is 13.4. The molecule has 1 fully saturated rings. The molecule has 1 saturated carbocycles. The van der Waals surface area contributed by atoms with Crippen LogP contribution in [0.4, 0.5) is 0 Å². The highest BCUT2D eigenvalue weighted by atomic mass is 15.1. The van der Waals surface area contributed by atoms with Gasteiger partial charge in [0.2, 0.25) is 0 Å². The van der Waals surface area contributed by atoms with Crippen LogP contribution < -0.4 is 5.73 Å². The van der Waals surface area contributed by atoms with Crippen LogP contribution >= 0.6 is 0 Å². The fraction of sp³-hybridized carbons (Fsp3) is 1.00. The maximum atomic E-state index is 6.25. The number of hydrogen-bond acceptors (Lipinski definition) is 2. The van der Waals surface area contributed by atoms with Crippen molar-refractivity contribution in [3.05, 3.63) is 0 Å². The lowest BCUT2D eigenvalue weighted by Gasteiger charge is -2.49. The van der Waals surface area contributed by atoms with E-state index in [1.807, 2.05) is 0 Å². The first-order valence-electron chi connectivity index (χ1n) is 7.84.